The molecule has 0 fully saturated rings. The van der Waals surface area contributed by atoms with E-state index in [1.54, 1.807) is 37.3 Å². The number of thiophene rings is 1. The van der Waals surface area contributed by atoms with E-state index in [-0.39, 0.29) is 11.8 Å². The minimum absolute atomic E-state index is 0.0879. The fraction of sp³-hybridized carbons (Fsp3) is 0.294. The standard InChI is InChI=1S/C17H19N3O3S/c1-10(16(21)18-9-13-4-3-7-24-13)19-12-5-6-15-14(8-12)20-17(22)11(2)23-15/h3-8,10-11,19H,9H2,1-2H3,(H,18,21)(H,20,22)/t10-,11-/m1/s1. The lowest BCUT2D eigenvalue weighted by Crippen LogP contribution is -2.37. The Morgan fingerprint density at radius 1 is 1.42 bits per heavy atom. The first-order valence-electron chi connectivity index (χ1n) is 7.71. The Bertz CT molecular complexity index is 746. The van der Waals surface area contributed by atoms with E-state index in [1.165, 1.54) is 0 Å². The summed E-state index contributed by atoms with van der Waals surface area (Å²) in [6.45, 7) is 4.01. The topological polar surface area (TPSA) is 79.5 Å². The number of hydrogen-bond acceptors (Lipinski definition) is 5. The van der Waals surface area contributed by atoms with E-state index in [0.29, 0.717) is 18.0 Å². The molecule has 3 N–H and O–H groups in total. The largest absolute Gasteiger partial charge is 0.479 e. The zero-order valence-electron chi connectivity index (χ0n) is 13.5. The Labute approximate surface area is 144 Å². The fourth-order valence-corrected chi connectivity index (χ4v) is 3.00. The smallest absolute Gasteiger partial charge is 0.265 e. The first-order valence-corrected chi connectivity index (χ1v) is 8.59. The summed E-state index contributed by atoms with van der Waals surface area (Å²) in [5.74, 6) is 0.360. The van der Waals surface area contributed by atoms with Crippen LogP contribution in [0.1, 0.15) is 18.7 Å². The van der Waals surface area contributed by atoms with Gasteiger partial charge in [-0.15, -0.1) is 11.3 Å². The third kappa shape index (κ3) is 3.68. The molecule has 0 spiro atoms. The highest BCUT2D eigenvalue weighted by molar-refractivity contribution is 7.09. The van der Waals surface area contributed by atoms with Crippen LogP contribution in [0.4, 0.5) is 11.4 Å². The number of amides is 2. The van der Waals surface area contributed by atoms with Crippen LogP contribution in [-0.2, 0) is 16.1 Å². The highest BCUT2D eigenvalue weighted by atomic mass is 32.1. The van der Waals surface area contributed by atoms with E-state index in [9.17, 15) is 9.59 Å². The number of nitrogens with one attached hydrogen (secondary N) is 3. The second kappa shape index (κ2) is 6.92. The monoisotopic (exact) mass is 345 g/mol. The van der Waals surface area contributed by atoms with Gasteiger partial charge in [-0.05, 0) is 43.5 Å². The molecule has 0 saturated heterocycles. The molecule has 2 heterocycles. The summed E-state index contributed by atoms with van der Waals surface area (Å²) >= 11 is 1.61. The molecule has 0 radical (unpaired) electrons. The quantitative estimate of drug-likeness (QED) is 0.778. The van der Waals surface area contributed by atoms with E-state index in [0.717, 1.165) is 10.6 Å². The van der Waals surface area contributed by atoms with Gasteiger partial charge in [0.25, 0.3) is 5.91 Å². The minimum atomic E-state index is -0.502. The number of anilines is 2. The van der Waals surface area contributed by atoms with Crippen molar-refractivity contribution in [2.75, 3.05) is 10.6 Å². The molecule has 2 amide bonds. The normalized spacial score (nSPS) is 17.2. The zero-order chi connectivity index (χ0) is 17.1. The van der Waals surface area contributed by atoms with Crippen molar-refractivity contribution in [3.8, 4) is 5.75 Å². The van der Waals surface area contributed by atoms with E-state index in [4.69, 9.17) is 4.74 Å². The molecule has 1 aromatic heterocycles. The summed E-state index contributed by atoms with van der Waals surface area (Å²) < 4.78 is 5.51. The average Bonchev–Trinajstić information content (AvgIpc) is 3.07. The maximum atomic E-state index is 12.2. The highest BCUT2D eigenvalue weighted by Gasteiger charge is 2.23. The van der Waals surface area contributed by atoms with Crippen molar-refractivity contribution in [2.24, 2.45) is 0 Å². The number of carbonyl (C=O) groups excluding carboxylic acids is 2. The molecule has 1 aliphatic heterocycles. The van der Waals surface area contributed by atoms with Gasteiger partial charge in [-0.3, -0.25) is 9.59 Å². The maximum Gasteiger partial charge on any atom is 0.265 e. The molecule has 1 aromatic carbocycles. The molecular formula is C17H19N3O3S. The molecule has 3 rings (SSSR count). The Kier molecular flexibility index (Phi) is 4.71. The summed E-state index contributed by atoms with van der Waals surface area (Å²) in [7, 11) is 0. The number of rotatable bonds is 5. The zero-order valence-corrected chi connectivity index (χ0v) is 14.3. The molecular weight excluding hydrogens is 326 g/mol. The predicted octanol–water partition coefficient (Wildman–Crippen LogP) is 2.58. The van der Waals surface area contributed by atoms with Crippen LogP contribution in [-0.4, -0.2) is 24.0 Å². The molecule has 7 heteroatoms. The molecule has 2 atom stereocenters. The molecule has 2 aromatic rings. The maximum absolute atomic E-state index is 12.2. The van der Waals surface area contributed by atoms with Crippen LogP contribution in [0, 0.1) is 0 Å². The lowest BCUT2D eigenvalue weighted by atomic mass is 10.2. The lowest BCUT2D eigenvalue weighted by molar-refractivity contribution is -0.123. The SMILES string of the molecule is C[C@@H](Nc1ccc2c(c1)NC(=O)[C@@H](C)O2)C(=O)NCc1cccs1. The molecule has 0 saturated carbocycles. The third-order valence-corrected chi connectivity index (χ3v) is 4.58. The molecule has 24 heavy (non-hydrogen) atoms. The fourth-order valence-electron chi connectivity index (χ4n) is 2.35. The number of ether oxygens (including phenoxy) is 1. The minimum Gasteiger partial charge on any atom is -0.479 e. The molecule has 1 aliphatic rings. The van der Waals surface area contributed by atoms with E-state index in [2.05, 4.69) is 16.0 Å². The number of benzene rings is 1. The van der Waals surface area contributed by atoms with E-state index < -0.39 is 12.1 Å². The molecule has 6 nitrogen and oxygen atoms in total. The van der Waals surface area contributed by atoms with Gasteiger partial charge < -0.3 is 20.7 Å². The van der Waals surface area contributed by atoms with Gasteiger partial charge in [-0.25, -0.2) is 0 Å². The Morgan fingerprint density at radius 2 is 2.25 bits per heavy atom. The number of hydrogen-bond donors (Lipinski definition) is 3. The van der Waals surface area contributed by atoms with Crippen LogP contribution in [0.5, 0.6) is 5.75 Å². The molecule has 0 unspecified atom stereocenters. The summed E-state index contributed by atoms with van der Waals surface area (Å²) in [6, 6.07) is 8.91. The summed E-state index contributed by atoms with van der Waals surface area (Å²) in [6.07, 6.45) is -0.502. The van der Waals surface area contributed by atoms with Gasteiger partial charge in [-0.2, -0.15) is 0 Å². The van der Waals surface area contributed by atoms with E-state index >= 15 is 0 Å². The lowest BCUT2D eigenvalue weighted by Gasteiger charge is -2.24. The van der Waals surface area contributed by atoms with Crippen molar-refractivity contribution in [2.45, 2.75) is 32.5 Å². The van der Waals surface area contributed by atoms with E-state index in [1.807, 2.05) is 23.6 Å². The van der Waals surface area contributed by atoms with Crippen LogP contribution in [0.25, 0.3) is 0 Å². The van der Waals surface area contributed by atoms with Gasteiger partial charge in [-0.1, -0.05) is 6.07 Å². The van der Waals surface area contributed by atoms with Gasteiger partial charge in [0, 0.05) is 10.6 Å². The summed E-state index contributed by atoms with van der Waals surface area (Å²) in [5.41, 5.74) is 1.35. The Morgan fingerprint density at radius 3 is 3.00 bits per heavy atom. The van der Waals surface area contributed by atoms with Crippen molar-refractivity contribution in [3.05, 3.63) is 40.6 Å². The second-order valence-corrected chi connectivity index (χ2v) is 6.66. The van der Waals surface area contributed by atoms with Crippen LogP contribution in [0.2, 0.25) is 0 Å². The number of carbonyl (C=O) groups is 2. The van der Waals surface area contributed by atoms with Gasteiger partial charge in [0.15, 0.2) is 6.10 Å². The van der Waals surface area contributed by atoms with Crippen molar-refractivity contribution < 1.29 is 14.3 Å². The van der Waals surface area contributed by atoms with Gasteiger partial charge in [0.05, 0.1) is 12.2 Å². The summed E-state index contributed by atoms with van der Waals surface area (Å²) in [4.78, 5) is 24.9. The molecule has 0 aliphatic carbocycles. The third-order valence-electron chi connectivity index (χ3n) is 3.70. The Balaban J connectivity index is 1.60. The number of fused-ring (bicyclic) bond motifs is 1. The molecule has 0 bridgehead atoms. The highest BCUT2D eigenvalue weighted by Crippen LogP contribution is 2.32. The van der Waals surface area contributed by atoms with Crippen LogP contribution < -0.4 is 20.7 Å². The van der Waals surface area contributed by atoms with Gasteiger partial charge in [0.2, 0.25) is 5.91 Å². The van der Waals surface area contributed by atoms with Crippen LogP contribution in [0.15, 0.2) is 35.7 Å². The first-order chi connectivity index (χ1) is 11.5. The van der Waals surface area contributed by atoms with Crippen molar-refractivity contribution in [3.63, 3.8) is 0 Å². The van der Waals surface area contributed by atoms with Crippen LogP contribution >= 0.6 is 11.3 Å². The second-order valence-electron chi connectivity index (χ2n) is 5.62. The molecule has 126 valence electrons. The van der Waals surface area contributed by atoms with Crippen LogP contribution in [0.3, 0.4) is 0 Å². The van der Waals surface area contributed by atoms with Crippen molar-refractivity contribution in [1.82, 2.24) is 5.32 Å². The Hall–Kier alpha value is -2.54. The van der Waals surface area contributed by atoms with Gasteiger partial charge >= 0.3 is 0 Å². The van der Waals surface area contributed by atoms with Crippen molar-refractivity contribution in [1.29, 1.82) is 0 Å². The van der Waals surface area contributed by atoms with Crippen molar-refractivity contribution >= 4 is 34.5 Å². The first kappa shape index (κ1) is 16.3. The predicted molar refractivity (Wildman–Crippen MR) is 94.4 cm³/mol. The van der Waals surface area contributed by atoms with Gasteiger partial charge in [0.1, 0.15) is 11.8 Å². The summed E-state index contributed by atoms with van der Waals surface area (Å²) in [5, 5.41) is 10.8. The average molecular weight is 345 g/mol.